The molecule has 0 atom stereocenters. The summed E-state index contributed by atoms with van der Waals surface area (Å²) in [4.78, 5) is 12.1. The first-order valence-corrected chi connectivity index (χ1v) is 7.85. The predicted molar refractivity (Wildman–Crippen MR) is 89.8 cm³/mol. The Labute approximate surface area is 145 Å². The van der Waals surface area contributed by atoms with Gasteiger partial charge in [0.05, 0.1) is 11.0 Å². The van der Waals surface area contributed by atoms with E-state index < -0.39 is 11.7 Å². The molecule has 0 aliphatic heterocycles. The van der Waals surface area contributed by atoms with Crippen molar-refractivity contribution in [3.05, 3.63) is 82.0 Å². The predicted octanol–water partition coefficient (Wildman–Crippen LogP) is 4.22. The second-order valence-corrected chi connectivity index (χ2v) is 5.97. The normalized spacial score (nSPS) is 10.6. The van der Waals surface area contributed by atoms with Gasteiger partial charge in [0.2, 0.25) is 0 Å². The Morgan fingerprint density at radius 2 is 1.88 bits per heavy atom. The number of nitrogens with zero attached hydrogens (tertiary/aromatic N) is 2. The highest BCUT2D eigenvalue weighted by atomic mass is 79.9. The van der Waals surface area contributed by atoms with Crippen LogP contribution >= 0.6 is 15.9 Å². The van der Waals surface area contributed by atoms with E-state index in [-0.39, 0.29) is 11.4 Å². The van der Waals surface area contributed by atoms with Crippen LogP contribution in [0.2, 0.25) is 0 Å². The topological polar surface area (TPSA) is 46.9 Å². The molecule has 7 heteroatoms. The van der Waals surface area contributed by atoms with Gasteiger partial charge in [-0.3, -0.25) is 9.48 Å². The van der Waals surface area contributed by atoms with Crippen LogP contribution in [0.1, 0.15) is 15.9 Å². The first-order chi connectivity index (χ1) is 11.5. The van der Waals surface area contributed by atoms with Crippen molar-refractivity contribution in [2.24, 2.45) is 0 Å². The highest BCUT2D eigenvalue weighted by Gasteiger charge is 2.12. The van der Waals surface area contributed by atoms with Gasteiger partial charge in [0, 0.05) is 11.8 Å². The number of amides is 1. The van der Waals surface area contributed by atoms with Gasteiger partial charge in [-0.15, -0.1) is 0 Å². The lowest BCUT2D eigenvalue weighted by Gasteiger charge is -2.03. The fourth-order valence-corrected chi connectivity index (χ4v) is 2.56. The summed E-state index contributed by atoms with van der Waals surface area (Å²) in [6.07, 6.45) is 1.70. The number of hydrogen-bond donors (Lipinski definition) is 1. The van der Waals surface area contributed by atoms with Crippen molar-refractivity contribution in [1.29, 1.82) is 0 Å². The average Bonchev–Trinajstić information content (AvgIpc) is 2.89. The summed E-state index contributed by atoms with van der Waals surface area (Å²) in [5.74, 6) is -0.916. The van der Waals surface area contributed by atoms with Crippen LogP contribution < -0.4 is 5.32 Å². The van der Waals surface area contributed by atoms with Crippen molar-refractivity contribution in [2.45, 2.75) is 6.54 Å². The van der Waals surface area contributed by atoms with E-state index in [1.54, 1.807) is 23.0 Å². The maximum atomic E-state index is 13.2. The zero-order valence-corrected chi connectivity index (χ0v) is 13.9. The molecule has 1 amide bonds. The molecule has 122 valence electrons. The molecule has 0 spiro atoms. The van der Waals surface area contributed by atoms with E-state index in [1.165, 1.54) is 30.3 Å². The first-order valence-electron chi connectivity index (χ1n) is 7.05. The Hall–Kier alpha value is -2.54. The molecular weight excluding hydrogens is 380 g/mol. The van der Waals surface area contributed by atoms with Gasteiger partial charge in [-0.05, 0) is 51.8 Å². The van der Waals surface area contributed by atoms with Crippen molar-refractivity contribution < 1.29 is 13.6 Å². The van der Waals surface area contributed by atoms with E-state index in [0.717, 1.165) is 11.6 Å². The molecule has 0 bridgehead atoms. The number of rotatable bonds is 4. The monoisotopic (exact) mass is 391 g/mol. The summed E-state index contributed by atoms with van der Waals surface area (Å²) in [6, 6.07) is 11.5. The lowest BCUT2D eigenvalue weighted by molar-refractivity contribution is 0.102. The van der Waals surface area contributed by atoms with Gasteiger partial charge in [0.15, 0.2) is 5.82 Å². The van der Waals surface area contributed by atoms with Crippen LogP contribution in [-0.4, -0.2) is 15.7 Å². The van der Waals surface area contributed by atoms with Crippen molar-refractivity contribution in [1.82, 2.24) is 9.78 Å². The molecule has 0 fully saturated rings. The number of nitrogens with one attached hydrogen (secondary N) is 1. The molecular formula is C17H12BrF2N3O. The van der Waals surface area contributed by atoms with E-state index in [4.69, 9.17) is 0 Å². The van der Waals surface area contributed by atoms with Gasteiger partial charge in [-0.25, -0.2) is 8.78 Å². The average molecular weight is 392 g/mol. The number of anilines is 1. The smallest absolute Gasteiger partial charge is 0.256 e. The van der Waals surface area contributed by atoms with Gasteiger partial charge in [-0.1, -0.05) is 18.2 Å². The largest absolute Gasteiger partial charge is 0.304 e. The number of carbonyl (C=O) groups excluding carboxylic acids is 1. The van der Waals surface area contributed by atoms with Crippen LogP contribution in [0.3, 0.4) is 0 Å². The lowest BCUT2D eigenvalue weighted by atomic mass is 10.2. The van der Waals surface area contributed by atoms with E-state index in [0.29, 0.717) is 16.8 Å². The molecule has 3 rings (SSSR count). The fraction of sp³-hybridized carbons (Fsp3) is 0.0588. The summed E-state index contributed by atoms with van der Waals surface area (Å²) in [5, 5.41) is 6.89. The molecule has 0 saturated carbocycles. The van der Waals surface area contributed by atoms with Crippen LogP contribution in [0.15, 0.2) is 59.2 Å². The molecule has 2 aromatic carbocycles. The van der Waals surface area contributed by atoms with Crippen LogP contribution in [0.25, 0.3) is 0 Å². The maximum absolute atomic E-state index is 13.2. The minimum absolute atomic E-state index is 0.204. The quantitative estimate of drug-likeness (QED) is 0.723. The standard InChI is InChI=1S/C17H12BrF2N3O/c18-15-10-23(9-11-4-6-13(19)7-5-11)22-16(15)21-17(24)12-2-1-3-14(20)8-12/h1-8,10H,9H2,(H,21,22,24). The van der Waals surface area contributed by atoms with Crippen LogP contribution in [0.4, 0.5) is 14.6 Å². The van der Waals surface area contributed by atoms with Gasteiger partial charge in [0.1, 0.15) is 11.6 Å². The Balaban J connectivity index is 1.74. The second kappa shape index (κ2) is 6.92. The van der Waals surface area contributed by atoms with Crippen LogP contribution in [0, 0.1) is 11.6 Å². The van der Waals surface area contributed by atoms with Crippen molar-refractivity contribution in [3.8, 4) is 0 Å². The molecule has 1 aromatic heterocycles. The highest BCUT2D eigenvalue weighted by Crippen LogP contribution is 2.21. The van der Waals surface area contributed by atoms with Crippen molar-refractivity contribution in [3.63, 3.8) is 0 Å². The number of benzene rings is 2. The molecule has 0 aliphatic rings. The Kier molecular flexibility index (Phi) is 4.71. The van der Waals surface area contributed by atoms with Gasteiger partial charge in [0.25, 0.3) is 5.91 Å². The van der Waals surface area contributed by atoms with E-state index >= 15 is 0 Å². The van der Waals surface area contributed by atoms with Gasteiger partial charge >= 0.3 is 0 Å². The zero-order chi connectivity index (χ0) is 17.1. The number of hydrogen-bond acceptors (Lipinski definition) is 2. The molecule has 0 saturated heterocycles. The lowest BCUT2D eigenvalue weighted by Crippen LogP contribution is -2.13. The molecule has 0 aliphatic carbocycles. The molecule has 1 heterocycles. The molecule has 3 aromatic rings. The SMILES string of the molecule is O=C(Nc1nn(Cc2ccc(F)cc2)cc1Br)c1cccc(F)c1. The third kappa shape index (κ3) is 3.86. The number of aromatic nitrogens is 2. The Morgan fingerprint density at radius 3 is 2.58 bits per heavy atom. The molecule has 24 heavy (non-hydrogen) atoms. The summed E-state index contributed by atoms with van der Waals surface area (Å²) in [7, 11) is 0. The third-order valence-corrected chi connectivity index (χ3v) is 3.87. The fourth-order valence-electron chi connectivity index (χ4n) is 2.15. The maximum Gasteiger partial charge on any atom is 0.256 e. The molecule has 0 unspecified atom stereocenters. The highest BCUT2D eigenvalue weighted by molar-refractivity contribution is 9.10. The number of halogens is 3. The molecule has 1 N–H and O–H groups in total. The summed E-state index contributed by atoms with van der Waals surface area (Å²) in [6.45, 7) is 0.425. The number of carbonyl (C=O) groups is 1. The van der Waals surface area contributed by atoms with Crippen molar-refractivity contribution >= 4 is 27.7 Å². The Bertz CT molecular complexity index is 878. The first kappa shape index (κ1) is 16.3. The summed E-state index contributed by atoms with van der Waals surface area (Å²) >= 11 is 3.33. The third-order valence-electron chi connectivity index (χ3n) is 3.29. The second-order valence-electron chi connectivity index (χ2n) is 5.11. The summed E-state index contributed by atoms with van der Waals surface area (Å²) in [5.41, 5.74) is 1.07. The van der Waals surface area contributed by atoms with Crippen LogP contribution in [0.5, 0.6) is 0 Å². The molecule has 4 nitrogen and oxygen atoms in total. The minimum Gasteiger partial charge on any atom is -0.304 e. The Morgan fingerprint density at radius 1 is 1.12 bits per heavy atom. The van der Waals surface area contributed by atoms with Gasteiger partial charge < -0.3 is 5.32 Å². The van der Waals surface area contributed by atoms with E-state index in [9.17, 15) is 13.6 Å². The molecule has 0 radical (unpaired) electrons. The van der Waals surface area contributed by atoms with E-state index in [2.05, 4.69) is 26.3 Å². The van der Waals surface area contributed by atoms with Gasteiger partial charge in [-0.2, -0.15) is 5.10 Å². The summed E-state index contributed by atoms with van der Waals surface area (Å²) < 4.78 is 28.3. The van der Waals surface area contributed by atoms with Crippen molar-refractivity contribution in [2.75, 3.05) is 5.32 Å². The van der Waals surface area contributed by atoms with E-state index in [1.807, 2.05) is 0 Å². The minimum atomic E-state index is -0.483. The van der Waals surface area contributed by atoms with Crippen LogP contribution in [-0.2, 0) is 6.54 Å². The zero-order valence-electron chi connectivity index (χ0n) is 12.3.